The van der Waals surface area contributed by atoms with Crippen LogP contribution in [0.15, 0.2) is 23.1 Å². The van der Waals surface area contributed by atoms with Crippen LogP contribution in [0.1, 0.15) is 39.0 Å². The first-order chi connectivity index (χ1) is 12.1. The Labute approximate surface area is 153 Å². The molecule has 25 heavy (non-hydrogen) atoms. The Bertz CT molecular complexity index is 680. The molecule has 0 saturated heterocycles. The van der Waals surface area contributed by atoms with Crippen molar-refractivity contribution in [2.24, 2.45) is 0 Å². The summed E-state index contributed by atoms with van der Waals surface area (Å²) < 4.78 is 11.1. The van der Waals surface area contributed by atoms with E-state index >= 15 is 0 Å². The van der Waals surface area contributed by atoms with E-state index in [1.54, 1.807) is 11.9 Å². The van der Waals surface area contributed by atoms with Gasteiger partial charge in [0.25, 0.3) is 0 Å². The fourth-order valence-corrected chi connectivity index (χ4v) is 4.48. The zero-order chi connectivity index (χ0) is 17.9. The van der Waals surface area contributed by atoms with Gasteiger partial charge in [0.05, 0.1) is 11.3 Å². The van der Waals surface area contributed by atoms with E-state index in [0.29, 0.717) is 13.2 Å². The lowest BCUT2D eigenvalue weighted by atomic mass is 9.81. The Morgan fingerprint density at radius 1 is 1.24 bits per heavy atom. The van der Waals surface area contributed by atoms with E-state index in [4.69, 9.17) is 9.47 Å². The van der Waals surface area contributed by atoms with Gasteiger partial charge in [-0.05, 0) is 38.0 Å². The monoisotopic (exact) mass is 360 g/mol. The van der Waals surface area contributed by atoms with Gasteiger partial charge in [-0.3, -0.25) is 4.79 Å². The third kappa shape index (κ3) is 3.72. The first kappa shape index (κ1) is 17.9. The second-order valence-electron chi connectivity index (χ2n) is 6.67. The van der Waals surface area contributed by atoms with Crippen LogP contribution in [0.5, 0.6) is 11.5 Å². The second-order valence-corrected chi connectivity index (χ2v) is 8.08. The van der Waals surface area contributed by atoms with Crippen molar-refractivity contribution in [3.63, 3.8) is 0 Å². The molecule has 2 aliphatic rings. The van der Waals surface area contributed by atoms with Crippen LogP contribution in [0.3, 0.4) is 0 Å². The number of nitrogens with zero attached hydrogens (tertiary/aromatic N) is 2. The third-order valence-electron chi connectivity index (χ3n) is 5.04. The van der Waals surface area contributed by atoms with Crippen LogP contribution in [0.2, 0.25) is 0 Å². The molecule has 0 aromatic heterocycles. The molecule has 6 heteroatoms. The topological polar surface area (TPSA) is 62.6 Å². The maximum atomic E-state index is 12.9. The number of thioether (sulfide) groups is 1. The van der Waals surface area contributed by atoms with E-state index in [2.05, 4.69) is 6.07 Å². The SMILES string of the molecule is C[C@@H](Sc1ccc2c(c1)OCCO2)C(=O)N(C)C1(C#N)CCCCC1. The molecule has 1 atom stereocenters. The Hall–Kier alpha value is -1.87. The molecular weight excluding hydrogens is 336 g/mol. The van der Waals surface area contributed by atoms with Gasteiger partial charge in [-0.2, -0.15) is 5.26 Å². The van der Waals surface area contributed by atoms with E-state index in [1.165, 1.54) is 11.8 Å². The zero-order valence-corrected chi connectivity index (χ0v) is 15.6. The maximum Gasteiger partial charge on any atom is 0.236 e. The number of amides is 1. The molecule has 0 spiro atoms. The van der Waals surface area contributed by atoms with Crippen molar-refractivity contribution in [2.75, 3.05) is 20.3 Å². The first-order valence-corrected chi connectivity index (χ1v) is 9.69. The van der Waals surface area contributed by atoms with Gasteiger partial charge >= 0.3 is 0 Å². The quantitative estimate of drug-likeness (QED) is 0.768. The Balaban J connectivity index is 1.69. The molecule has 1 saturated carbocycles. The Morgan fingerprint density at radius 2 is 1.92 bits per heavy atom. The molecule has 1 fully saturated rings. The minimum Gasteiger partial charge on any atom is -0.486 e. The van der Waals surface area contributed by atoms with Crippen LogP contribution in [0, 0.1) is 11.3 Å². The van der Waals surface area contributed by atoms with E-state index in [-0.39, 0.29) is 11.2 Å². The summed E-state index contributed by atoms with van der Waals surface area (Å²) in [6.07, 6.45) is 4.71. The summed E-state index contributed by atoms with van der Waals surface area (Å²) in [5.41, 5.74) is -0.642. The minimum atomic E-state index is -0.642. The van der Waals surface area contributed by atoms with Crippen molar-refractivity contribution < 1.29 is 14.3 Å². The highest BCUT2D eigenvalue weighted by Gasteiger charge is 2.40. The summed E-state index contributed by atoms with van der Waals surface area (Å²) in [7, 11) is 1.78. The molecule has 0 bridgehead atoms. The molecular formula is C19H24N2O3S. The molecule has 1 aliphatic heterocycles. The van der Waals surface area contributed by atoms with Crippen molar-refractivity contribution in [2.45, 2.75) is 54.7 Å². The minimum absolute atomic E-state index is 0.00309. The number of hydrogen-bond donors (Lipinski definition) is 0. The number of carbonyl (C=O) groups is 1. The lowest BCUT2D eigenvalue weighted by Crippen LogP contribution is -2.52. The van der Waals surface area contributed by atoms with Gasteiger partial charge in [0.1, 0.15) is 18.8 Å². The van der Waals surface area contributed by atoms with Gasteiger partial charge in [-0.25, -0.2) is 0 Å². The second kappa shape index (κ2) is 7.57. The van der Waals surface area contributed by atoms with E-state index in [1.807, 2.05) is 25.1 Å². The molecule has 1 aromatic carbocycles. The van der Waals surface area contributed by atoms with Crippen molar-refractivity contribution in [1.82, 2.24) is 4.90 Å². The maximum absolute atomic E-state index is 12.9. The summed E-state index contributed by atoms with van der Waals surface area (Å²) in [5, 5.41) is 9.42. The van der Waals surface area contributed by atoms with Crippen LogP contribution >= 0.6 is 11.8 Å². The predicted molar refractivity (Wildman–Crippen MR) is 97.0 cm³/mol. The van der Waals surface area contributed by atoms with Gasteiger partial charge in [0, 0.05) is 11.9 Å². The lowest BCUT2D eigenvalue weighted by Gasteiger charge is -2.40. The van der Waals surface area contributed by atoms with Gasteiger partial charge in [-0.15, -0.1) is 11.8 Å². The van der Waals surface area contributed by atoms with Gasteiger partial charge in [0.15, 0.2) is 11.5 Å². The third-order valence-corrected chi connectivity index (χ3v) is 6.12. The number of rotatable bonds is 4. The number of ether oxygens (including phenoxy) is 2. The molecule has 134 valence electrons. The van der Waals surface area contributed by atoms with Crippen molar-refractivity contribution in [1.29, 1.82) is 5.26 Å². The average Bonchev–Trinajstić information content (AvgIpc) is 2.67. The number of carbonyl (C=O) groups excluding carboxylic acids is 1. The smallest absolute Gasteiger partial charge is 0.236 e. The van der Waals surface area contributed by atoms with Gasteiger partial charge in [0.2, 0.25) is 5.91 Å². The predicted octanol–water partition coefficient (Wildman–Crippen LogP) is 3.62. The fraction of sp³-hybridized carbons (Fsp3) is 0.579. The molecule has 5 nitrogen and oxygen atoms in total. The number of nitriles is 1. The summed E-state index contributed by atoms with van der Waals surface area (Å²) in [6, 6.07) is 8.17. The molecule has 0 radical (unpaired) electrons. The molecule has 0 unspecified atom stereocenters. The number of hydrogen-bond acceptors (Lipinski definition) is 5. The summed E-state index contributed by atoms with van der Waals surface area (Å²) in [5.74, 6) is 1.48. The molecule has 1 aromatic rings. The summed E-state index contributed by atoms with van der Waals surface area (Å²) in [6.45, 7) is 3.01. The van der Waals surface area contributed by atoms with Crippen molar-refractivity contribution in [3.05, 3.63) is 18.2 Å². The zero-order valence-electron chi connectivity index (χ0n) is 14.8. The molecule has 1 aliphatic carbocycles. The molecule has 0 N–H and O–H groups in total. The number of benzene rings is 1. The highest BCUT2D eigenvalue weighted by molar-refractivity contribution is 8.00. The van der Waals surface area contributed by atoms with E-state index in [9.17, 15) is 10.1 Å². The highest BCUT2D eigenvalue weighted by atomic mass is 32.2. The normalized spacial score (nSPS) is 19.6. The van der Waals surface area contributed by atoms with Crippen molar-refractivity contribution in [3.8, 4) is 17.6 Å². The van der Waals surface area contributed by atoms with E-state index in [0.717, 1.165) is 48.5 Å². The van der Waals surface area contributed by atoms with Crippen LogP contribution in [0.25, 0.3) is 0 Å². The van der Waals surface area contributed by atoms with Gasteiger partial charge < -0.3 is 14.4 Å². The summed E-state index contributed by atoms with van der Waals surface area (Å²) in [4.78, 5) is 15.5. The van der Waals surface area contributed by atoms with Crippen LogP contribution in [-0.2, 0) is 4.79 Å². The van der Waals surface area contributed by atoms with Crippen LogP contribution in [0.4, 0.5) is 0 Å². The largest absolute Gasteiger partial charge is 0.486 e. The summed E-state index contributed by atoms with van der Waals surface area (Å²) >= 11 is 1.49. The van der Waals surface area contributed by atoms with Crippen molar-refractivity contribution >= 4 is 17.7 Å². The fourth-order valence-electron chi connectivity index (χ4n) is 3.49. The van der Waals surface area contributed by atoms with Crippen LogP contribution < -0.4 is 9.47 Å². The molecule has 3 rings (SSSR count). The Kier molecular flexibility index (Phi) is 5.43. The lowest BCUT2D eigenvalue weighted by molar-refractivity contribution is -0.133. The molecule has 1 heterocycles. The van der Waals surface area contributed by atoms with E-state index < -0.39 is 5.54 Å². The van der Waals surface area contributed by atoms with Gasteiger partial charge in [-0.1, -0.05) is 19.3 Å². The highest BCUT2D eigenvalue weighted by Crippen LogP contribution is 2.37. The standard InChI is InChI=1S/C19H24N2O3S/c1-14(18(22)21(2)19(13-20)8-4-3-5-9-19)25-15-6-7-16-17(12-15)24-11-10-23-16/h6-7,12,14H,3-5,8-11H2,1-2H3/t14-/m1/s1. The Morgan fingerprint density at radius 3 is 2.60 bits per heavy atom. The average molecular weight is 360 g/mol. The number of fused-ring (bicyclic) bond motifs is 1. The molecule has 1 amide bonds. The van der Waals surface area contributed by atoms with Crippen LogP contribution in [-0.4, -0.2) is 41.9 Å². The first-order valence-electron chi connectivity index (χ1n) is 8.81.